The third-order valence-electron chi connectivity index (χ3n) is 4.28. The van der Waals surface area contributed by atoms with Crippen LogP contribution < -0.4 is 30.7 Å². The summed E-state index contributed by atoms with van der Waals surface area (Å²) in [6.45, 7) is 0.383. The fourth-order valence-electron chi connectivity index (χ4n) is 2.66. The van der Waals surface area contributed by atoms with Gasteiger partial charge in [0.15, 0.2) is 17.3 Å². The second-order valence-corrected chi connectivity index (χ2v) is 7.20. The molecule has 10 nitrogen and oxygen atoms in total. The zero-order chi connectivity index (χ0) is 22.2. The summed E-state index contributed by atoms with van der Waals surface area (Å²) in [5.74, 6) is 8.41. The monoisotopic (exact) mass is 444 g/mol. The van der Waals surface area contributed by atoms with Crippen molar-refractivity contribution < 1.29 is 19.0 Å². The van der Waals surface area contributed by atoms with E-state index in [-0.39, 0.29) is 11.7 Å². The van der Waals surface area contributed by atoms with E-state index in [1.165, 1.54) is 23.5 Å². The van der Waals surface area contributed by atoms with Crippen LogP contribution in [0.4, 0.5) is 11.4 Å². The van der Waals surface area contributed by atoms with Crippen LogP contribution in [0.2, 0.25) is 0 Å². The molecule has 0 saturated heterocycles. The van der Waals surface area contributed by atoms with Crippen molar-refractivity contribution in [3.8, 4) is 17.2 Å². The number of aromatic nitrogens is 3. The smallest absolute Gasteiger partial charge is 0.234 e. The number of nitrogens with one attached hydrogen (secondary N) is 2. The molecule has 1 amide bonds. The highest BCUT2D eigenvalue weighted by molar-refractivity contribution is 7.99. The molecule has 0 atom stereocenters. The van der Waals surface area contributed by atoms with Gasteiger partial charge in [0, 0.05) is 17.4 Å². The SMILES string of the molecule is COc1ccc(NCc2nnc(SCC(=O)Nc3ccc(OC)c(OC)c3)n2N)cc1. The number of nitrogens with two attached hydrogens (primary N) is 1. The van der Waals surface area contributed by atoms with Gasteiger partial charge in [0.05, 0.1) is 33.6 Å². The maximum absolute atomic E-state index is 12.3. The average Bonchev–Trinajstić information content (AvgIpc) is 3.15. The van der Waals surface area contributed by atoms with Crippen LogP contribution in [0.25, 0.3) is 0 Å². The summed E-state index contributed by atoms with van der Waals surface area (Å²) in [6, 6.07) is 12.6. The van der Waals surface area contributed by atoms with Crippen molar-refractivity contribution in [3.05, 3.63) is 48.3 Å². The number of amides is 1. The third-order valence-corrected chi connectivity index (χ3v) is 5.22. The molecule has 0 unspecified atom stereocenters. The van der Waals surface area contributed by atoms with E-state index >= 15 is 0 Å². The quantitative estimate of drug-likeness (QED) is 0.319. The largest absolute Gasteiger partial charge is 0.497 e. The van der Waals surface area contributed by atoms with E-state index < -0.39 is 0 Å². The Morgan fingerprint density at radius 1 is 1.00 bits per heavy atom. The Hall–Kier alpha value is -3.60. The van der Waals surface area contributed by atoms with E-state index in [1.807, 2.05) is 24.3 Å². The zero-order valence-corrected chi connectivity index (χ0v) is 18.2. The standard InChI is InChI=1S/C20H24N6O4S/c1-28-15-7-4-13(5-8-15)22-11-18-24-25-20(26(18)21)31-12-19(27)23-14-6-9-16(29-2)17(10-14)30-3/h4-10,22H,11-12,21H2,1-3H3,(H,23,27). The van der Waals surface area contributed by atoms with E-state index in [0.717, 1.165) is 11.4 Å². The molecule has 0 aliphatic heterocycles. The van der Waals surface area contributed by atoms with Gasteiger partial charge in [0.25, 0.3) is 0 Å². The number of nitrogens with zero attached hydrogens (tertiary/aromatic N) is 3. The molecule has 0 spiro atoms. The number of carbonyl (C=O) groups excluding carboxylic acids is 1. The van der Waals surface area contributed by atoms with Gasteiger partial charge in [-0.05, 0) is 36.4 Å². The highest BCUT2D eigenvalue weighted by Crippen LogP contribution is 2.29. The Balaban J connectivity index is 1.52. The van der Waals surface area contributed by atoms with E-state index in [2.05, 4.69) is 20.8 Å². The maximum Gasteiger partial charge on any atom is 0.234 e. The normalized spacial score (nSPS) is 10.4. The highest BCUT2D eigenvalue weighted by Gasteiger charge is 2.13. The molecule has 0 fully saturated rings. The molecule has 2 aromatic carbocycles. The van der Waals surface area contributed by atoms with Crippen molar-refractivity contribution in [2.24, 2.45) is 0 Å². The molecule has 1 heterocycles. The van der Waals surface area contributed by atoms with Crippen LogP contribution >= 0.6 is 11.8 Å². The zero-order valence-electron chi connectivity index (χ0n) is 17.4. The number of anilines is 2. The van der Waals surface area contributed by atoms with E-state index in [1.54, 1.807) is 32.4 Å². The van der Waals surface area contributed by atoms with Gasteiger partial charge < -0.3 is 30.7 Å². The van der Waals surface area contributed by atoms with Gasteiger partial charge in [-0.3, -0.25) is 4.79 Å². The minimum absolute atomic E-state index is 0.121. The summed E-state index contributed by atoms with van der Waals surface area (Å²) in [6.07, 6.45) is 0. The molecule has 0 saturated carbocycles. The van der Waals surface area contributed by atoms with Gasteiger partial charge in [-0.2, -0.15) is 0 Å². The molecule has 3 rings (SSSR count). The minimum atomic E-state index is -0.210. The number of nitrogen functional groups attached to an aromatic ring is 1. The van der Waals surface area contributed by atoms with E-state index in [4.69, 9.17) is 20.1 Å². The first-order valence-electron chi connectivity index (χ1n) is 9.26. The molecular weight excluding hydrogens is 420 g/mol. The summed E-state index contributed by atoms with van der Waals surface area (Å²) >= 11 is 1.19. The molecule has 11 heteroatoms. The van der Waals surface area contributed by atoms with Gasteiger partial charge in [-0.25, -0.2) is 4.68 Å². The summed E-state index contributed by atoms with van der Waals surface area (Å²) in [5, 5.41) is 14.6. The number of hydrogen-bond acceptors (Lipinski definition) is 9. The van der Waals surface area contributed by atoms with Crippen molar-refractivity contribution in [2.45, 2.75) is 11.7 Å². The highest BCUT2D eigenvalue weighted by atomic mass is 32.2. The number of carbonyl (C=O) groups is 1. The lowest BCUT2D eigenvalue weighted by molar-refractivity contribution is -0.113. The lowest BCUT2D eigenvalue weighted by atomic mass is 10.2. The second kappa shape index (κ2) is 10.4. The van der Waals surface area contributed by atoms with Crippen LogP contribution in [0.3, 0.4) is 0 Å². The number of benzene rings is 2. The summed E-state index contributed by atoms with van der Waals surface area (Å²) in [7, 11) is 4.71. The van der Waals surface area contributed by atoms with Crippen LogP contribution in [0.5, 0.6) is 17.2 Å². The molecule has 0 radical (unpaired) electrons. The maximum atomic E-state index is 12.3. The molecule has 0 bridgehead atoms. The average molecular weight is 445 g/mol. The van der Waals surface area contributed by atoms with E-state index in [0.29, 0.717) is 34.7 Å². The van der Waals surface area contributed by atoms with Crippen LogP contribution in [-0.2, 0) is 11.3 Å². The Morgan fingerprint density at radius 2 is 1.71 bits per heavy atom. The minimum Gasteiger partial charge on any atom is -0.497 e. The van der Waals surface area contributed by atoms with E-state index in [9.17, 15) is 4.79 Å². The fourth-order valence-corrected chi connectivity index (χ4v) is 3.33. The molecule has 1 aromatic heterocycles. The first kappa shape index (κ1) is 22.1. The number of methoxy groups -OCH3 is 3. The topological polar surface area (TPSA) is 126 Å². The second-order valence-electron chi connectivity index (χ2n) is 6.26. The lowest BCUT2D eigenvalue weighted by Crippen LogP contribution is -2.18. The number of ether oxygens (including phenoxy) is 3. The van der Waals surface area contributed by atoms with Crippen LogP contribution in [0.1, 0.15) is 5.82 Å². The summed E-state index contributed by atoms with van der Waals surface area (Å²) < 4.78 is 16.9. The molecule has 4 N–H and O–H groups in total. The Labute approximate surface area is 184 Å². The molecule has 0 aliphatic carbocycles. The van der Waals surface area contributed by atoms with Gasteiger partial charge in [0.1, 0.15) is 5.75 Å². The predicted octanol–water partition coefficient (Wildman–Crippen LogP) is 2.36. The predicted molar refractivity (Wildman–Crippen MR) is 119 cm³/mol. The van der Waals surface area contributed by atoms with Crippen molar-refractivity contribution in [2.75, 3.05) is 43.6 Å². The Kier molecular flexibility index (Phi) is 7.44. The first-order valence-corrected chi connectivity index (χ1v) is 10.2. The lowest BCUT2D eigenvalue weighted by Gasteiger charge is -2.10. The number of hydrogen-bond donors (Lipinski definition) is 3. The van der Waals surface area contributed by atoms with Crippen LogP contribution in [0, 0.1) is 0 Å². The van der Waals surface area contributed by atoms with Gasteiger partial charge in [0.2, 0.25) is 11.1 Å². The Morgan fingerprint density at radius 3 is 2.39 bits per heavy atom. The van der Waals surface area contributed by atoms with Crippen LogP contribution in [-0.4, -0.2) is 47.9 Å². The van der Waals surface area contributed by atoms with Gasteiger partial charge in [-0.15, -0.1) is 10.2 Å². The number of rotatable bonds is 10. The Bertz CT molecular complexity index is 1030. The summed E-state index contributed by atoms with van der Waals surface area (Å²) in [4.78, 5) is 12.3. The van der Waals surface area contributed by atoms with Gasteiger partial charge in [-0.1, -0.05) is 11.8 Å². The van der Waals surface area contributed by atoms with Crippen molar-refractivity contribution in [1.82, 2.24) is 14.9 Å². The molecule has 164 valence electrons. The molecule has 3 aromatic rings. The van der Waals surface area contributed by atoms with Crippen molar-refractivity contribution in [1.29, 1.82) is 0 Å². The third kappa shape index (κ3) is 5.72. The molecular formula is C20H24N6O4S. The summed E-state index contributed by atoms with van der Waals surface area (Å²) in [5.41, 5.74) is 1.49. The first-order chi connectivity index (χ1) is 15.0. The fraction of sp³-hybridized carbons (Fsp3) is 0.250. The van der Waals surface area contributed by atoms with Crippen molar-refractivity contribution in [3.63, 3.8) is 0 Å². The molecule has 0 aliphatic rings. The number of thioether (sulfide) groups is 1. The van der Waals surface area contributed by atoms with Gasteiger partial charge >= 0.3 is 0 Å². The van der Waals surface area contributed by atoms with Crippen molar-refractivity contribution >= 4 is 29.0 Å². The molecule has 31 heavy (non-hydrogen) atoms. The van der Waals surface area contributed by atoms with Crippen LogP contribution in [0.15, 0.2) is 47.6 Å².